The maximum absolute atomic E-state index is 10.1. The van der Waals surface area contributed by atoms with Crippen LogP contribution >= 0.6 is 11.3 Å². The predicted molar refractivity (Wildman–Crippen MR) is 152 cm³/mol. The quantitative estimate of drug-likeness (QED) is 0.254. The van der Waals surface area contributed by atoms with E-state index in [2.05, 4.69) is 69.2 Å². The highest BCUT2D eigenvalue weighted by molar-refractivity contribution is 7.17. The highest BCUT2D eigenvalue weighted by Gasteiger charge is 2.28. The molecule has 2 N–H and O–H groups in total. The number of pyridine rings is 2. The molecule has 6 rings (SSSR count). The molecular formula is C29H27N9S. The maximum Gasteiger partial charge on any atom is 0.110 e. The summed E-state index contributed by atoms with van der Waals surface area (Å²) in [6.07, 6.45) is 9.44. The number of aromatic nitrogens is 5. The van der Waals surface area contributed by atoms with Crippen LogP contribution in [0, 0.1) is 28.1 Å². The van der Waals surface area contributed by atoms with E-state index >= 15 is 0 Å². The standard InChI is InChI=1S/C29H27N9S/c1-29(2,3)16-34-27-18(11-31)12-33-26-17(10-30)8-19(9-22(26)27)35-28(24-14-38(37-36-24)20-4-5-20)23-15-39-25-13-32-7-6-21(23)25/h6-9,12-15,20,28,35H,4-5,16H2,1-3H3,(H,33,34)/t28-/m0/s1. The van der Waals surface area contributed by atoms with Crippen LogP contribution in [0.1, 0.15) is 68.1 Å². The van der Waals surface area contributed by atoms with Crippen molar-refractivity contribution in [1.29, 1.82) is 10.5 Å². The van der Waals surface area contributed by atoms with E-state index in [1.165, 1.54) is 6.20 Å². The second-order valence-corrected chi connectivity index (χ2v) is 12.0. The summed E-state index contributed by atoms with van der Waals surface area (Å²) in [6, 6.07) is 10.4. The third-order valence-electron chi connectivity index (χ3n) is 6.78. The van der Waals surface area contributed by atoms with Crippen molar-refractivity contribution in [1.82, 2.24) is 25.0 Å². The van der Waals surface area contributed by atoms with Gasteiger partial charge in [-0.2, -0.15) is 10.5 Å². The number of hydrogen-bond donors (Lipinski definition) is 2. The first-order chi connectivity index (χ1) is 18.8. The number of nitrogens with zero attached hydrogens (tertiary/aromatic N) is 7. The molecule has 1 aromatic carbocycles. The molecule has 0 saturated heterocycles. The van der Waals surface area contributed by atoms with Crippen LogP contribution in [0.25, 0.3) is 21.0 Å². The zero-order valence-electron chi connectivity index (χ0n) is 21.9. The van der Waals surface area contributed by atoms with E-state index in [4.69, 9.17) is 0 Å². The fourth-order valence-corrected chi connectivity index (χ4v) is 5.60. The van der Waals surface area contributed by atoms with Gasteiger partial charge in [0.15, 0.2) is 0 Å². The molecule has 9 nitrogen and oxygen atoms in total. The summed E-state index contributed by atoms with van der Waals surface area (Å²) >= 11 is 1.63. The topological polar surface area (TPSA) is 128 Å². The Balaban J connectivity index is 1.48. The number of nitriles is 2. The van der Waals surface area contributed by atoms with Crippen molar-refractivity contribution in [2.24, 2.45) is 5.41 Å². The lowest BCUT2D eigenvalue weighted by atomic mass is 9.96. The number of fused-ring (bicyclic) bond motifs is 2. The largest absolute Gasteiger partial charge is 0.383 e. The molecule has 194 valence electrons. The molecule has 10 heteroatoms. The van der Waals surface area contributed by atoms with Gasteiger partial charge in [0.1, 0.15) is 17.8 Å². The molecule has 1 atom stereocenters. The normalized spacial score (nSPS) is 14.2. The molecule has 0 spiro atoms. The molecule has 1 aliphatic carbocycles. The molecule has 0 aliphatic heterocycles. The van der Waals surface area contributed by atoms with Gasteiger partial charge in [0, 0.05) is 41.6 Å². The van der Waals surface area contributed by atoms with Crippen LogP contribution in [-0.2, 0) is 0 Å². The molecule has 4 heterocycles. The average Bonchev–Trinajstić information content (AvgIpc) is 3.51. The Labute approximate surface area is 230 Å². The third kappa shape index (κ3) is 4.87. The van der Waals surface area contributed by atoms with Crippen LogP contribution in [-0.4, -0.2) is 31.5 Å². The minimum Gasteiger partial charge on any atom is -0.383 e. The van der Waals surface area contributed by atoms with E-state index in [0.717, 1.165) is 45.3 Å². The number of hydrogen-bond acceptors (Lipinski definition) is 9. The molecular weight excluding hydrogens is 506 g/mol. The average molecular weight is 534 g/mol. The second kappa shape index (κ2) is 9.64. The lowest BCUT2D eigenvalue weighted by Gasteiger charge is -2.22. The Kier molecular flexibility index (Phi) is 6.13. The van der Waals surface area contributed by atoms with Crippen molar-refractivity contribution < 1.29 is 0 Å². The first-order valence-electron chi connectivity index (χ1n) is 12.8. The van der Waals surface area contributed by atoms with Crippen LogP contribution in [0.15, 0.2) is 48.4 Å². The minimum absolute atomic E-state index is 0.0103. The summed E-state index contributed by atoms with van der Waals surface area (Å²) in [4.78, 5) is 8.76. The lowest BCUT2D eigenvalue weighted by molar-refractivity contribution is 0.443. The van der Waals surface area contributed by atoms with E-state index in [-0.39, 0.29) is 11.5 Å². The van der Waals surface area contributed by atoms with Crippen molar-refractivity contribution in [3.8, 4) is 12.1 Å². The van der Waals surface area contributed by atoms with Crippen molar-refractivity contribution in [3.05, 3.63) is 70.8 Å². The zero-order chi connectivity index (χ0) is 27.1. The zero-order valence-corrected chi connectivity index (χ0v) is 22.8. The van der Waals surface area contributed by atoms with Crippen LogP contribution in [0.3, 0.4) is 0 Å². The van der Waals surface area contributed by atoms with Gasteiger partial charge in [-0.05, 0) is 47.4 Å². The van der Waals surface area contributed by atoms with Gasteiger partial charge in [0.05, 0.1) is 45.3 Å². The summed E-state index contributed by atoms with van der Waals surface area (Å²) in [7, 11) is 0. The SMILES string of the molecule is CC(C)(C)CNc1c(C#N)cnc2c(C#N)cc(N[C@H](c3cn(C4CC4)nn3)c3csc4cnccc34)cc12. The molecule has 1 saturated carbocycles. The number of thiophene rings is 1. The van der Waals surface area contributed by atoms with Crippen molar-refractivity contribution in [2.75, 3.05) is 17.2 Å². The monoisotopic (exact) mass is 533 g/mol. The second-order valence-electron chi connectivity index (χ2n) is 11.1. The van der Waals surface area contributed by atoms with Gasteiger partial charge in [0.25, 0.3) is 0 Å². The summed E-state index contributed by atoms with van der Waals surface area (Å²) in [5.41, 5.74) is 4.69. The summed E-state index contributed by atoms with van der Waals surface area (Å²) < 4.78 is 3.03. The van der Waals surface area contributed by atoms with Gasteiger partial charge >= 0.3 is 0 Å². The Bertz CT molecular complexity index is 1780. The number of anilines is 2. The van der Waals surface area contributed by atoms with Gasteiger partial charge in [0.2, 0.25) is 0 Å². The smallest absolute Gasteiger partial charge is 0.110 e. The molecule has 0 radical (unpaired) electrons. The van der Waals surface area contributed by atoms with Crippen LogP contribution in [0.2, 0.25) is 0 Å². The predicted octanol–water partition coefficient (Wildman–Crippen LogP) is 6.17. The molecule has 4 aromatic heterocycles. The first-order valence-corrected chi connectivity index (χ1v) is 13.7. The molecule has 0 amide bonds. The Morgan fingerprint density at radius 1 is 1.13 bits per heavy atom. The number of nitrogens with one attached hydrogen (secondary N) is 2. The molecule has 0 bridgehead atoms. The summed E-state index contributed by atoms with van der Waals surface area (Å²) in [6.45, 7) is 7.04. The van der Waals surface area contributed by atoms with Crippen molar-refractivity contribution in [2.45, 2.75) is 45.7 Å². The summed E-state index contributed by atoms with van der Waals surface area (Å²) in [5.74, 6) is 0. The van der Waals surface area contributed by atoms with E-state index < -0.39 is 0 Å². The van der Waals surface area contributed by atoms with Crippen LogP contribution < -0.4 is 10.6 Å². The first kappa shape index (κ1) is 24.8. The van der Waals surface area contributed by atoms with Gasteiger partial charge in [-0.1, -0.05) is 26.0 Å². The Hall–Kier alpha value is -4.54. The van der Waals surface area contributed by atoms with E-state index in [1.54, 1.807) is 17.5 Å². The van der Waals surface area contributed by atoms with E-state index in [9.17, 15) is 10.5 Å². The minimum atomic E-state index is -0.310. The van der Waals surface area contributed by atoms with Gasteiger partial charge in [-0.25, -0.2) is 4.68 Å². The van der Waals surface area contributed by atoms with Crippen molar-refractivity contribution in [3.63, 3.8) is 0 Å². The fraction of sp³-hybridized carbons (Fsp3) is 0.310. The summed E-state index contributed by atoms with van der Waals surface area (Å²) in [5, 5.41) is 39.9. The molecule has 5 aromatic rings. The van der Waals surface area contributed by atoms with Crippen LogP contribution in [0.5, 0.6) is 0 Å². The van der Waals surface area contributed by atoms with Gasteiger partial charge in [-0.3, -0.25) is 9.97 Å². The highest BCUT2D eigenvalue weighted by Crippen LogP contribution is 2.39. The Morgan fingerprint density at radius 3 is 2.69 bits per heavy atom. The van der Waals surface area contributed by atoms with Crippen LogP contribution in [0.4, 0.5) is 11.4 Å². The lowest BCUT2D eigenvalue weighted by Crippen LogP contribution is -2.20. The van der Waals surface area contributed by atoms with Gasteiger partial charge < -0.3 is 10.6 Å². The maximum atomic E-state index is 10.1. The van der Waals surface area contributed by atoms with E-state index in [0.29, 0.717) is 34.9 Å². The Morgan fingerprint density at radius 2 is 1.95 bits per heavy atom. The van der Waals surface area contributed by atoms with Crippen molar-refractivity contribution >= 4 is 43.7 Å². The highest BCUT2D eigenvalue weighted by atomic mass is 32.1. The number of rotatable bonds is 7. The van der Waals surface area contributed by atoms with E-state index in [1.807, 2.05) is 35.3 Å². The van der Waals surface area contributed by atoms with Gasteiger partial charge in [-0.15, -0.1) is 16.4 Å². The number of benzene rings is 1. The molecule has 0 unspecified atom stereocenters. The molecule has 1 fully saturated rings. The molecule has 1 aliphatic rings. The third-order valence-corrected chi connectivity index (χ3v) is 7.73. The fourth-order valence-electron chi connectivity index (χ4n) is 4.64. The molecule has 39 heavy (non-hydrogen) atoms.